The molecule has 1 unspecified atom stereocenters. The minimum Gasteiger partial charge on any atom is -0.490 e. The molecule has 0 heterocycles. The minimum absolute atomic E-state index is 0.153. The molecule has 4 heteroatoms. The third kappa shape index (κ3) is 12.3. The van der Waals surface area contributed by atoms with E-state index in [1.165, 1.54) is 62.5 Å². The second kappa shape index (κ2) is 16.4. The average molecular weight is 483 g/mol. The SMILES string of the molecule is CCCCCCCCCCc1ccccc1OCCOC(=O)C(C)C[N+](C)(C)Cc1ccccc1. The number of hydrogen-bond acceptors (Lipinski definition) is 3. The summed E-state index contributed by atoms with van der Waals surface area (Å²) in [5.41, 5.74) is 2.52. The predicted molar refractivity (Wildman–Crippen MR) is 145 cm³/mol. The number of para-hydroxylation sites is 1. The topological polar surface area (TPSA) is 35.5 Å². The first-order chi connectivity index (χ1) is 16.9. The summed E-state index contributed by atoms with van der Waals surface area (Å²) in [6, 6.07) is 18.7. The van der Waals surface area contributed by atoms with Crippen LogP contribution < -0.4 is 4.74 Å². The summed E-state index contributed by atoms with van der Waals surface area (Å²) in [6.45, 7) is 6.50. The molecule has 0 aliphatic rings. The zero-order valence-corrected chi connectivity index (χ0v) is 22.6. The second-order valence-corrected chi connectivity index (χ2v) is 10.5. The molecule has 194 valence electrons. The Morgan fingerprint density at radius 3 is 2.17 bits per heavy atom. The van der Waals surface area contributed by atoms with Gasteiger partial charge >= 0.3 is 5.97 Å². The van der Waals surface area contributed by atoms with Crippen molar-refractivity contribution >= 4 is 5.97 Å². The Hall–Kier alpha value is -2.33. The Morgan fingerprint density at radius 2 is 1.46 bits per heavy atom. The molecule has 35 heavy (non-hydrogen) atoms. The molecule has 0 amide bonds. The van der Waals surface area contributed by atoms with Gasteiger partial charge in [-0.3, -0.25) is 4.79 Å². The quantitative estimate of drug-likeness (QED) is 0.128. The zero-order valence-electron chi connectivity index (χ0n) is 22.6. The van der Waals surface area contributed by atoms with Crippen LogP contribution in [0.2, 0.25) is 0 Å². The molecular weight excluding hydrogens is 434 g/mol. The van der Waals surface area contributed by atoms with Crippen LogP contribution in [0.5, 0.6) is 5.75 Å². The molecule has 0 spiro atoms. The van der Waals surface area contributed by atoms with Crippen LogP contribution in [0.25, 0.3) is 0 Å². The molecule has 0 N–H and O–H groups in total. The summed E-state index contributed by atoms with van der Waals surface area (Å²) in [4.78, 5) is 12.5. The van der Waals surface area contributed by atoms with E-state index in [2.05, 4.69) is 57.4 Å². The van der Waals surface area contributed by atoms with Crippen LogP contribution in [-0.4, -0.2) is 44.3 Å². The summed E-state index contributed by atoms with van der Waals surface area (Å²) < 4.78 is 12.3. The van der Waals surface area contributed by atoms with Crippen molar-refractivity contribution in [1.29, 1.82) is 0 Å². The molecule has 0 saturated heterocycles. The first-order valence-electron chi connectivity index (χ1n) is 13.6. The predicted octanol–water partition coefficient (Wildman–Crippen LogP) is 7.20. The van der Waals surface area contributed by atoms with Gasteiger partial charge in [-0.25, -0.2) is 0 Å². The Morgan fingerprint density at radius 1 is 0.829 bits per heavy atom. The highest BCUT2D eigenvalue weighted by molar-refractivity contribution is 5.72. The zero-order chi connectivity index (χ0) is 25.4. The molecule has 0 bridgehead atoms. The number of esters is 1. The highest BCUT2D eigenvalue weighted by atomic mass is 16.6. The molecule has 0 saturated carbocycles. The number of hydrogen-bond donors (Lipinski definition) is 0. The number of unbranched alkanes of at least 4 members (excludes halogenated alkanes) is 7. The van der Waals surface area contributed by atoms with Gasteiger partial charge in [-0.2, -0.15) is 0 Å². The van der Waals surface area contributed by atoms with Gasteiger partial charge in [0.25, 0.3) is 0 Å². The maximum absolute atomic E-state index is 12.5. The summed E-state index contributed by atoms with van der Waals surface area (Å²) in [7, 11) is 4.31. The van der Waals surface area contributed by atoms with E-state index >= 15 is 0 Å². The van der Waals surface area contributed by atoms with E-state index < -0.39 is 0 Å². The fourth-order valence-electron chi connectivity index (χ4n) is 4.69. The van der Waals surface area contributed by atoms with E-state index in [0.29, 0.717) is 6.61 Å². The highest BCUT2D eigenvalue weighted by Gasteiger charge is 2.25. The number of benzene rings is 2. The molecule has 2 aromatic rings. The summed E-state index contributed by atoms with van der Waals surface area (Å²) >= 11 is 0. The molecule has 0 radical (unpaired) electrons. The normalized spacial score (nSPS) is 12.3. The van der Waals surface area contributed by atoms with Crippen LogP contribution in [0.1, 0.15) is 76.3 Å². The number of rotatable bonds is 18. The van der Waals surface area contributed by atoms with E-state index in [9.17, 15) is 4.79 Å². The van der Waals surface area contributed by atoms with Crippen molar-refractivity contribution in [3.8, 4) is 5.75 Å². The second-order valence-electron chi connectivity index (χ2n) is 10.5. The number of aryl methyl sites for hydroxylation is 1. The number of nitrogens with zero attached hydrogens (tertiary/aromatic N) is 1. The Bertz CT molecular complexity index is 834. The van der Waals surface area contributed by atoms with Crippen molar-refractivity contribution in [1.82, 2.24) is 0 Å². The lowest BCUT2D eigenvalue weighted by atomic mass is 10.0. The first-order valence-corrected chi connectivity index (χ1v) is 13.6. The maximum Gasteiger partial charge on any atom is 0.314 e. The minimum atomic E-state index is -0.164. The van der Waals surface area contributed by atoms with Crippen molar-refractivity contribution in [2.24, 2.45) is 5.92 Å². The highest BCUT2D eigenvalue weighted by Crippen LogP contribution is 2.21. The van der Waals surface area contributed by atoms with E-state index in [4.69, 9.17) is 9.47 Å². The Kier molecular flexibility index (Phi) is 13.5. The number of carbonyl (C=O) groups excluding carboxylic acids is 1. The van der Waals surface area contributed by atoms with Crippen molar-refractivity contribution in [2.75, 3.05) is 33.9 Å². The average Bonchev–Trinajstić information content (AvgIpc) is 2.84. The summed E-state index contributed by atoms with van der Waals surface area (Å²) in [6.07, 6.45) is 11.6. The third-order valence-electron chi connectivity index (χ3n) is 6.48. The first kappa shape index (κ1) is 28.9. The van der Waals surface area contributed by atoms with Crippen molar-refractivity contribution in [2.45, 2.75) is 78.2 Å². The summed E-state index contributed by atoms with van der Waals surface area (Å²) in [5, 5.41) is 0. The lowest BCUT2D eigenvalue weighted by Crippen LogP contribution is -2.44. The third-order valence-corrected chi connectivity index (χ3v) is 6.48. The van der Waals surface area contributed by atoms with E-state index in [1.54, 1.807) is 0 Å². The van der Waals surface area contributed by atoms with Gasteiger partial charge < -0.3 is 14.0 Å². The van der Waals surface area contributed by atoms with Crippen LogP contribution in [0.3, 0.4) is 0 Å². The lowest BCUT2D eigenvalue weighted by Gasteiger charge is -2.31. The standard InChI is InChI=1S/C31H48NO3/c1-5-6-7-8-9-10-11-15-20-29-21-16-17-22-30(29)34-23-24-35-31(33)27(2)25-32(3,4)26-28-18-13-12-14-19-28/h12-14,16-19,21-22,27H,5-11,15,20,23-26H2,1-4H3/q+1. The smallest absolute Gasteiger partial charge is 0.314 e. The van der Waals surface area contributed by atoms with Crippen LogP contribution in [-0.2, 0) is 22.5 Å². The van der Waals surface area contributed by atoms with Gasteiger partial charge in [0.1, 0.15) is 31.4 Å². The molecule has 2 aromatic carbocycles. The fourth-order valence-corrected chi connectivity index (χ4v) is 4.69. The van der Waals surface area contributed by atoms with Gasteiger partial charge in [0.05, 0.1) is 20.6 Å². The Balaban J connectivity index is 1.66. The number of ether oxygens (including phenoxy) is 2. The molecule has 4 nitrogen and oxygen atoms in total. The summed E-state index contributed by atoms with van der Waals surface area (Å²) in [5.74, 6) is 0.600. The van der Waals surface area contributed by atoms with Crippen molar-refractivity contribution in [3.63, 3.8) is 0 Å². The van der Waals surface area contributed by atoms with Gasteiger partial charge in [-0.05, 0) is 31.4 Å². The fraction of sp³-hybridized carbons (Fsp3) is 0.581. The molecule has 0 aliphatic carbocycles. The van der Waals surface area contributed by atoms with Gasteiger partial charge in [0, 0.05) is 5.56 Å². The lowest BCUT2D eigenvalue weighted by molar-refractivity contribution is -0.905. The molecule has 0 aliphatic heterocycles. The van der Waals surface area contributed by atoms with Gasteiger partial charge in [-0.15, -0.1) is 0 Å². The Labute approximate surface area is 214 Å². The maximum atomic E-state index is 12.5. The van der Waals surface area contributed by atoms with Crippen LogP contribution in [0, 0.1) is 5.92 Å². The van der Waals surface area contributed by atoms with E-state index in [0.717, 1.165) is 29.7 Å². The van der Waals surface area contributed by atoms with E-state index in [-0.39, 0.29) is 18.5 Å². The van der Waals surface area contributed by atoms with Crippen molar-refractivity contribution in [3.05, 3.63) is 65.7 Å². The number of quaternary nitrogens is 1. The van der Waals surface area contributed by atoms with Crippen LogP contribution in [0.4, 0.5) is 0 Å². The van der Waals surface area contributed by atoms with Crippen molar-refractivity contribution < 1.29 is 18.8 Å². The van der Waals surface area contributed by atoms with Gasteiger partial charge in [-0.1, -0.05) is 100 Å². The van der Waals surface area contributed by atoms with Gasteiger partial charge in [0.15, 0.2) is 0 Å². The molecule has 0 aromatic heterocycles. The molecular formula is C31H48NO3+. The monoisotopic (exact) mass is 482 g/mol. The molecule has 2 rings (SSSR count). The van der Waals surface area contributed by atoms with E-state index in [1.807, 2.05) is 25.1 Å². The molecule has 0 fully saturated rings. The van der Waals surface area contributed by atoms with Crippen LogP contribution in [0.15, 0.2) is 54.6 Å². The molecule has 1 atom stereocenters. The number of carbonyl (C=O) groups is 1. The van der Waals surface area contributed by atoms with Gasteiger partial charge in [0.2, 0.25) is 0 Å². The largest absolute Gasteiger partial charge is 0.490 e. The van der Waals surface area contributed by atoms with Crippen LogP contribution >= 0.6 is 0 Å².